The Bertz CT molecular complexity index is 172. The summed E-state index contributed by atoms with van der Waals surface area (Å²) in [5, 5.41) is 3.00. The fourth-order valence-corrected chi connectivity index (χ4v) is 0.777. The molecule has 0 spiro atoms. The Kier molecular flexibility index (Phi) is 2.31. The van der Waals surface area contributed by atoms with E-state index in [0.29, 0.717) is 13.3 Å². The van der Waals surface area contributed by atoms with Crippen LogP contribution >= 0.6 is 0 Å². The van der Waals surface area contributed by atoms with E-state index in [9.17, 15) is 0 Å². The molecule has 1 aliphatic heterocycles. The fraction of sp³-hybridized carbons (Fsp3) is 0.571. The van der Waals surface area contributed by atoms with Crippen molar-refractivity contribution in [1.82, 2.24) is 5.32 Å². The summed E-state index contributed by atoms with van der Waals surface area (Å²) in [6.07, 6.45) is 1.90. The second-order valence-corrected chi connectivity index (χ2v) is 2.08. The van der Waals surface area contributed by atoms with Crippen LogP contribution in [0.1, 0.15) is 13.8 Å². The van der Waals surface area contributed by atoms with Gasteiger partial charge in [-0.15, -0.1) is 0 Å². The molecule has 0 saturated carbocycles. The minimum absolute atomic E-state index is 0.637. The minimum atomic E-state index is 0.637. The summed E-state index contributed by atoms with van der Waals surface area (Å²) in [7, 11) is 0. The smallest absolute Gasteiger partial charge is 0.189 e. The first-order chi connectivity index (χ1) is 4.83. The molecule has 1 rings (SSSR count). The molecule has 0 amide bonds. The zero-order valence-corrected chi connectivity index (χ0v) is 6.35. The van der Waals surface area contributed by atoms with E-state index >= 15 is 0 Å². The maximum absolute atomic E-state index is 5.22. The van der Waals surface area contributed by atoms with E-state index in [2.05, 4.69) is 10.3 Å². The molecule has 3 nitrogen and oxygen atoms in total. The summed E-state index contributed by atoms with van der Waals surface area (Å²) >= 11 is 0. The van der Waals surface area contributed by atoms with Crippen LogP contribution in [0.4, 0.5) is 0 Å². The van der Waals surface area contributed by atoms with Crippen LogP contribution in [-0.4, -0.2) is 19.0 Å². The zero-order valence-electron chi connectivity index (χ0n) is 6.35. The predicted octanol–water partition coefficient (Wildman–Crippen LogP) is 0.886. The molecule has 0 bridgehead atoms. The SMILES string of the molecule is CCOC1=CC(C)=NCN1. The van der Waals surface area contributed by atoms with E-state index < -0.39 is 0 Å². The highest BCUT2D eigenvalue weighted by molar-refractivity contribution is 5.93. The van der Waals surface area contributed by atoms with Gasteiger partial charge in [-0.2, -0.15) is 0 Å². The summed E-state index contributed by atoms with van der Waals surface area (Å²) in [5.74, 6) is 0.829. The van der Waals surface area contributed by atoms with Gasteiger partial charge < -0.3 is 10.1 Å². The van der Waals surface area contributed by atoms with Crippen molar-refractivity contribution in [3.05, 3.63) is 12.0 Å². The number of nitrogens with zero attached hydrogens (tertiary/aromatic N) is 1. The molecule has 0 unspecified atom stereocenters. The summed E-state index contributed by atoms with van der Waals surface area (Å²) in [6, 6.07) is 0. The van der Waals surface area contributed by atoms with Gasteiger partial charge >= 0.3 is 0 Å². The molecule has 1 N–H and O–H groups in total. The van der Waals surface area contributed by atoms with Crippen LogP contribution in [0.15, 0.2) is 17.0 Å². The van der Waals surface area contributed by atoms with Gasteiger partial charge in [0.2, 0.25) is 0 Å². The molecule has 0 saturated heterocycles. The number of allylic oxidation sites excluding steroid dienone is 1. The molecule has 0 aromatic carbocycles. The van der Waals surface area contributed by atoms with Crippen molar-refractivity contribution in [2.75, 3.05) is 13.3 Å². The van der Waals surface area contributed by atoms with Gasteiger partial charge in [0.15, 0.2) is 5.88 Å². The number of rotatable bonds is 2. The van der Waals surface area contributed by atoms with E-state index in [4.69, 9.17) is 4.74 Å². The van der Waals surface area contributed by atoms with Gasteiger partial charge in [0.05, 0.1) is 6.61 Å². The first kappa shape index (κ1) is 7.12. The highest BCUT2D eigenvalue weighted by atomic mass is 16.5. The molecule has 0 aromatic heterocycles. The van der Waals surface area contributed by atoms with E-state index in [-0.39, 0.29) is 0 Å². The third-order valence-electron chi connectivity index (χ3n) is 1.22. The quantitative estimate of drug-likeness (QED) is 0.618. The minimum Gasteiger partial charge on any atom is -0.479 e. The number of ether oxygens (including phenoxy) is 1. The molecule has 1 heterocycles. The third-order valence-corrected chi connectivity index (χ3v) is 1.22. The van der Waals surface area contributed by atoms with E-state index in [1.165, 1.54) is 0 Å². The predicted molar refractivity (Wildman–Crippen MR) is 40.8 cm³/mol. The second-order valence-electron chi connectivity index (χ2n) is 2.08. The lowest BCUT2D eigenvalue weighted by atomic mass is 10.4. The molecule has 1 aliphatic rings. The zero-order chi connectivity index (χ0) is 7.40. The topological polar surface area (TPSA) is 33.6 Å². The van der Waals surface area contributed by atoms with Crippen LogP contribution in [0.25, 0.3) is 0 Å². The van der Waals surface area contributed by atoms with Crippen LogP contribution < -0.4 is 5.32 Å². The lowest BCUT2D eigenvalue weighted by Gasteiger charge is -2.13. The van der Waals surface area contributed by atoms with Crippen molar-refractivity contribution in [3.63, 3.8) is 0 Å². The Hall–Kier alpha value is -0.990. The molecule has 56 valence electrons. The molecular formula is C7H12N2O. The van der Waals surface area contributed by atoms with Crippen LogP contribution in [-0.2, 0) is 4.74 Å². The van der Waals surface area contributed by atoms with E-state index in [1.54, 1.807) is 0 Å². The lowest BCUT2D eigenvalue weighted by molar-refractivity contribution is 0.206. The normalized spacial score (nSPS) is 17.0. The summed E-state index contributed by atoms with van der Waals surface area (Å²) in [5.41, 5.74) is 1.02. The van der Waals surface area contributed by atoms with Gasteiger partial charge in [0.1, 0.15) is 6.67 Å². The monoisotopic (exact) mass is 140 g/mol. The summed E-state index contributed by atoms with van der Waals surface area (Å²) in [6.45, 7) is 5.26. The van der Waals surface area contributed by atoms with Crippen molar-refractivity contribution in [1.29, 1.82) is 0 Å². The number of aliphatic imine (C=N–C) groups is 1. The standard InChI is InChI=1S/C7H12N2O/c1-3-10-7-4-6(2)8-5-9-7/h4,9H,3,5H2,1-2H3. The third kappa shape index (κ3) is 1.76. The Morgan fingerprint density at radius 1 is 1.80 bits per heavy atom. The van der Waals surface area contributed by atoms with Crippen molar-refractivity contribution < 1.29 is 4.74 Å². The van der Waals surface area contributed by atoms with Crippen LogP contribution in [0.2, 0.25) is 0 Å². The highest BCUT2D eigenvalue weighted by Crippen LogP contribution is 1.97. The van der Waals surface area contributed by atoms with Crippen LogP contribution in [0, 0.1) is 0 Å². The fourth-order valence-electron chi connectivity index (χ4n) is 0.777. The number of nitrogens with one attached hydrogen (secondary N) is 1. The average Bonchev–Trinajstić information content (AvgIpc) is 1.88. The maximum atomic E-state index is 5.22. The van der Waals surface area contributed by atoms with Gasteiger partial charge in [0, 0.05) is 11.8 Å². The molecule has 0 atom stereocenters. The lowest BCUT2D eigenvalue weighted by Crippen LogP contribution is -2.21. The molecule has 0 aromatic rings. The highest BCUT2D eigenvalue weighted by Gasteiger charge is 2.00. The summed E-state index contributed by atoms with van der Waals surface area (Å²) < 4.78 is 5.22. The van der Waals surface area contributed by atoms with Gasteiger partial charge in [-0.3, -0.25) is 4.99 Å². The molecule has 10 heavy (non-hydrogen) atoms. The Balaban J connectivity index is 2.51. The van der Waals surface area contributed by atoms with Crippen LogP contribution in [0.5, 0.6) is 0 Å². The van der Waals surface area contributed by atoms with Gasteiger partial charge in [-0.05, 0) is 13.8 Å². The van der Waals surface area contributed by atoms with Crippen LogP contribution in [0.3, 0.4) is 0 Å². The number of hydrogen-bond donors (Lipinski definition) is 1. The average molecular weight is 140 g/mol. The van der Waals surface area contributed by atoms with E-state index in [0.717, 1.165) is 11.6 Å². The van der Waals surface area contributed by atoms with Crippen molar-refractivity contribution >= 4 is 5.71 Å². The van der Waals surface area contributed by atoms with E-state index in [1.807, 2.05) is 19.9 Å². The molecule has 0 fully saturated rings. The first-order valence-corrected chi connectivity index (χ1v) is 3.42. The summed E-state index contributed by atoms with van der Waals surface area (Å²) in [4.78, 5) is 4.11. The first-order valence-electron chi connectivity index (χ1n) is 3.42. The van der Waals surface area contributed by atoms with Crippen molar-refractivity contribution in [2.24, 2.45) is 4.99 Å². The van der Waals surface area contributed by atoms with Gasteiger partial charge in [-0.1, -0.05) is 0 Å². The molecular weight excluding hydrogens is 128 g/mol. The second kappa shape index (κ2) is 3.25. The Morgan fingerprint density at radius 3 is 3.20 bits per heavy atom. The molecule has 0 aliphatic carbocycles. The maximum Gasteiger partial charge on any atom is 0.189 e. The Morgan fingerprint density at radius 2 is 2.60 bits per heavy atom. The van der Waals surface area contributed by atoms with Gasteiger partial charge in [0.25, 0.3) is 0 Å². The molecule has 0 radical (unpaired) electrons. The van der Waals surface area contributed by atoms with Crippen molar-refractivity contribution in [2.45, 2.75) is 13.8 Å². The number of hydrogen-bond acceptors (Lipinski definition) is 3. The Labute approximate surface area is 60.8 Å². The van der Waals surface area contributed by atoms with Crippen molar-refractivity contribution in [3.8, 4) is 0 Å². The molecule has 3 heteroatoms. The van der Waals surface area contributed by atoms with Gasteiger partial charge in [-0.25, -0.2) is 0 Å². The largest absolute Gasteiger partial charge is 0.479 e.